The number of unbranched alkanes of at least 4 members (excludes halogenated alkanes) is 30. The summed E-state index contributed by atoms with van der Waals surface area (Å²) in [5.74, 6) is 10.5. The van der Waals surface area contributed by atoms with E-state index in [0.29, 0.717) is 73.9 Å². The number of benzene rings is 5. The van der Waals surface area contributed by atoms with Crippen molar-refractivity contribution in [2.24, 2.45) is 0 Å². The third kappa shape index (κ3) is 27.9. The predicted molar refractivity (Wildman–Crippen MR) is 710 cm³/mol. The molecule has 0 amide bonds. The van der Waals surface area contributed by atoms with Crippen LogP contribution in [-0.2, 0) is 0 Å². The Labute approximate surface area is 1030 Å². The predicted octanol–water partition coefficient (Wildman–Crippen LogP) is 45.5. The summed E-state index contributed by atoms with van der Waals surface area (Å²) in [6.07, 6.45) is 68.8. The molecule has 0 spiro atoms. The van der Waals surface area contributed by atoms with Gasteiger partial charge < -0.3 is 47.4 Å². The van der Waals surface area contributed by atoms with Crippen LogP contribution in [0.1, 0.15) is 326 Å². The molecule has 0 saturated carbocycles. The summed E-state index contributed by atoms with van der Waals surface area (Å²) in [5, 5.41) is 0. The van der Waals surface area contributed by atoms with Gasteiger partial charge in [0.15, 0.2) is 0 Å². The van der Waals surface area contributed by atoms with Crippen LogP contribution >= 0.6 is 353 Å². The molecule has 5 aromatic carbocycles. The van der Waals surface area contributed by atoms with Crippen LogP contribution < -0.4 is 47.4 Å². The molecular weight excluding hydrogens is 2440 g/mol. The van der Waals surface area contributed by atoms with E-state index in [9.17, 15) is 0 Å². The van der Waals surface area contributed by atoms with Crippen LogP contribution in [-0.4, -0.2) is 164 Å². The average Bonchev–Trinajstić information content (AvgIpc) is 1.52. The second-order valence-electron chi connectivity index (χ2n) is 38.2. The van der Waals surface area contributed by atoms with Gasteiger partial charge in [-0.05, 0) is 127 Å². The third-order valence-electron chi connectivity index (χ3n) is 27.3. The highest BCUT2D eigenvalue weighted by Gasteiger charge is 2.71. The van der Waals surface area contributed by atoms with Crippen LogP contribution in [0.3, 0.4) is 0 Å². The van der Waals surface area contributed by atoms with E-state index in [2.05, 4.69) is 273 Å². The summed E-state index contributed by atoms with van der Waals surface area (Å²) >= 11 is 60.8. The molecule has 0 saturated heterocycles. The van der Waals surface area contributed by atoms with Crippen LogP contribution in [0.4, 0.5) is 0 Å². The molecule has 842 valence electrons. The Balaban J connectivity index is 0.834. The molecule has 0 N–H and O–H groups in total. The molecule has 5 aromatic rings. The van der Waals surface area contributed by atoms with E-state index in [1.165, 1.54) is 213 Å². The molecule has 0 radical (unpaired) electrons. The largest absolute Gasteiger partial charge is 0.491 e. The van der Waals surface area contributed by atoms with E-state index < -0.39 is 27.3 Å². The Morgan fingerprint density at radius 2 is 0.247 bits per heavy atom. The van der Waals surface area contributed by atoms with E-state index in [4.69, 9.17) is 47.4 Å². The molecule has 10 aliphatic heterocycles. The van der Waals surface area contributed by atoms with Crippen molar-refractivity contribution in [3.63, 3.8) is 0 Å². The molecule has 10 heterocycles. The van der Waals surface area contributed by atoms with E-state index >= 15 is 0 Å². The van der Waals surface area contributed by atoms with E-state index in [0.717, 1.165) is 199 Å². The molecule has 0 fully saturated rings. The third-order valence-corrected chi connectivity index (χ3v) is 83.4. The Bertz CT molecular complexity index is 4650. The minimum atomic E-state index is -0.538. The van der Waals surface area contributed by atoms with Crippen molar-refractivity contribution in [1.29, 1.82) is 0 Å². The second kappa shape index (κ2) is 62.8. The van der Waals surface area contributed by atoms with Crippen molar-refractivity contribution < 1.29 is 47.4 Å². The molecule has 0 aromatic heterocycles. The maximum atomic E-state index is 7.88. The Kier molecular flexibility index (Phi) is 53.7. The molecule has 0 aliphatic carbocycles. The molecular formula is C110H162O10S30. The van der Waals surface area contributed by atoms with Crippen LogP contribution in [0.5, 0.6) is 57.5 Å². The van der Waals surface area contributed by atoms with Gasteiger partial charge in [0.25, 0.3) is 0 Å². The first-order valence-corrected chi connectivity index (χ1v) is 83.9. The van der Waals surface area contributed by atoms with Gasteiger partial charge in [0.1, 0.15) is 92.6 Å². The number of fused-ring (bicyclic) bond motifs is 10. The number of thioether (sulfide) groups is 30. The summed E-state index contributed by atoms with van der Waals surface area (Å²) in [4.78, 5) is 24.8. The summed E-state index contributed by atoms with van der Waals surface area (Å²) in [7, 11) is 0. The summed E-state index contributed by atoms with van der Waals surface area (Å²) in [6.45, 7) is 29.8. The van der Waals surface area contributed by atoms with Crippen molar-refractivity contribution in [2.75, 3.05) is 129 Å². The second-order valence-corrected chi connectivity index (χ2v) is 80.3. The molecule has 150 heavy (non-hydrogen) atoms. The summed E-state index contributed by atoms with van der Waals surface area (Å²) in [5.41, 5.74) is 0. The van der Waals surface area contributed by atoms with Crippen LogP contribution in [0, 0.1) is 0 Å². The molecule has 15 rings (SSSR count). The van der Waals surface area contributed by atoms with Crippen molar-refractivity contribution >= 4 is 353 Å². The fourth-order valence-electron chi connectivity index (χ4n) is 19.0. The summed E-state index contributed by atoms with van der Waals surface area (Å²) < 4.78 is 72.9. The molecule has 40 heteroatoms. The maximum Gasteiger partial charge on any atom is 0.150 e. The van der Waals surface area contributed by atoms with Crippen molar-refractivity contribution in [3.05, 3.63) is 0 Å². The molecule has 0 atom stereocenters. The van der Waals surface area contributed by atoms with Gasteiger partial charge in [-0.1, -0.05) is 497 Å². The topological polar surface area (TPSA) is 92.3 Å². The fraction of sp³-hybridized carbons (Fsp3) is 0.727. The van der Waals surface area contributed by atoms with Crippen LogP contribution in [0.15, 0.2) is 97.9 Å². The van der Waals surface area contributed by atoms with Gasteiger partial charge >= 0.3 is 0 Å². The lowest BCUT2D eigenvalue weighted by molar-refractivity contribution is 0.271. The minimum absolute atomic E-state index is 0.326. The van der Waals surface area contributed by atoms with E-state index in [1.807, 2.05) is 212 Å². The number of ether oxygens (including phenoxy) is 10. The average molecular weight is 2610 g/mol. The van der Waals surface area contributed by atoms with Crippen molar-refractivity contribution in [1.82, 2.24) is 0 Å². The highest BCUT2D eigenvalue weighted by molar-refractivity contribution is 8.48. The highest BCUT2D eigenvalue weighted by Crippen LogP contribution is 2.91. The fourth-order valence-corrected chi connectivity index (χ4v) is 71.0. The zero-order valence-electron chi connectivity index (χ0n) is 91.8. The lowest BCUT2D eigenvalue weighted by Crippen LogP contribution is -2.35. The molecule has 10 nitrogen and oxygen atoms in total. The lowest BCUT2D eigenvalue weighted by Gasteiger charge is -2.41. The number of hydrogen-bond donors (Lipinski definition) is 0. The van der Waals surface area contributed by atoms with Gasteiger partial charge in [-0.2, -0.15) is 0 Å². The zero-order chi connectivity index (χ0) is 106. The monoisotopic (exact) mass is 2600 g/mol. The van der Waals surface area contributed by atoms with Crippen molar-refractivity contribution in [3.8, 4) is 57.5 Å². The zero-order valence-corrected chi connectivity index (χ0v) is 116. The number of rotatable bonds is 74. The first kappa shape index (κ1) is 128. The number of hydrogen-bond acceptors (Lipinski definition) is 40. The van der Waals surface area contributed by atoms with E-state index in [-0.39, 0.29) is 0 Å². The van der Waals surface area contributed by atoms with Gasteiger partial charge in [0.05, 0.1) is 164 Å². The standard InChI is InChI=1S/C110H162O10S30/c1-21-31-41-51-61-111-71-81-82(132-101(121-11)131-81)72(112-62-52-42-32-22-2)86-85(71)135-103(123-13,136-86)105(125-15)139-89-75(115-65-55-45-35-25-5)93-94(76(90(89)140-105)116-66-56-46-36-26-6)144-107(127-17,143-93)109(129-19)147-97-79(119-69-59-49-39-29-9)99-100(80(98(97)148-109)120-70-60-50-40-30-10)150-110(130-20,149-99)108(128-18)145-95-77(117-67-57-47-37-27-7)91-92(78(96(95)146-108)118-68-58-48-38-28-8)142-106(126-16,141-91)104(124-14)137-87-73(113-63-53-43-33-23-3)83-84(134-102(122-12)133-83)74(88(87)138-104)114-64-54-44-34-24-4/h101-102H,21-70H2,1-20H3. The Morgan fingerprint density at radius 1 is 0.147 bits per heavy atom. The van der Waals surface area contributed by atoms with Crippen molar-refractivity contribution in [2.45, 2.75) is 459 Å². The molecule has 10 aliphatic rings. The first-order chi connectivity index (χ1) is 73.3. The normalized spacial score (nSPS) is 18.4. The Hall–Kier alpha value is 4.60. The quantitative estimate of drug-likeness (QED) is 0.0345. The van der Waals surface area contributed by atoms with E-state index in [1.54, 1.807) is 0 Å². The molecule has 0 unspecified atom stereocenters. The lowest BCUT2D eigenvalue weighted by atomic mass is 10.2. The van der Waals surface area contributed by atoms with Gasteiger partial charge in [0.2, 0.25) is 0 Å². The minimum Gasteiger partial charge on any atom is -0.491 e. The van der Waals surface area contributed by atoms with Gasteiger partial charge in [-0.25, -0.2) is 0 Å². The van der Waals surface area contributed by atoms with Gasteiger partial charge in [0, 0.05) is 0 Å². The van der Waals surface area contributed by atoms with Crippen LogP contribution in [0.25, 0.3) is 0 Å². The SMILES string of the molecule is CCCCCCOc1c2c(c(OCCCCCC)c3c1SC(SC)(C1(SC)Sc4c(OCCCCCC)c5c(c(OCCCCCC)c4S1)SC(SC)(C1(SC)Sc4c(OCCCCCC)c6c(c(OCCCCCC)c4S1)SC(SC)(C1(SC)Sc4c(OCCCCCC)c7c(c(OCCCCCC)c4S1)SC(SC)(C1(SC)Sc4c(OCCCCCC)c8c(c(OCCCCCC)c4S1)SC(SC)S8)S7)S6)S5)S3)SC(SC)S2. The smallest absolute Gasteiger partial charge is 0.150 e. The molecule has 0 bridgehead atoms. The Morgan fingerprint density at radius 3 is 0.333 bits per heavy atom. The van der Waals surface area contributed by atoms with Gasteiger partial charge in [-0.15, -0.1) is 118 Å². The maximum absolute atomic E-state index is 7.88. The first-order valence-electron chi connectivity index (χ1n) is 55.0. The van der Waals surface area contributed by atoms with Gasteiger partial charge in [-0.3, -0.25) is 0 Å². The summed E-state index contributed by atoms with van der Waals surface area (Å²) in [6, 6.07) is 0. The highest BCUT2D eigenvalue weighted by atomic mass is 32.3. The van der Waals surface area contributed by atoms with Crippen LogP contribution in [0.2, 0.25) is 0 Å².